The van der Waals surface area contributed by atoms with Crippen molar-refractivity contribution in [2.24, 2.45) is 5.73 Å². The van der Waals surface area contributed by atoms with Crippen LogP contribution in [0.25, 0.3) is 0 Å². The van der Waals surface area contributed by atoms with Crippen LogP contribution in [-0.4, -0.2) is 38.3 Å². The van der Waals surface area contributed by atoms with Gasteiger partial charge in [0.15, 0.2) is 0 Å². The average molecular weight is 240 g/mol. The molecule has 1 aromatic rings. The van der Waals surface area contributed by atoms with E-state index in [1.165, 1.54) is 6.07 Å². The number of nitrogens with zero attached hydrogens (tertiary/aromatic N) is 1. The van der Waals surface area contributed by atoms with Crippen molar-refractivity contribution in [2.75, 3.05) is 33.4 Å². The number of benzene rings is 1. The van der Waals surface area contributed by atoms with Gasteiger partial charge in [-0.05, 0) is 20.0 Å². The van der Waals surface area contributed by atoms with Crippen LogP contribution in [-0.2, 0) is 4.74 Å². The summed E-state index contributed by atoms with van der Waals surface area (Å²) < 4.78 is 18.7. The molecule has 4 heteroatoms. The molecule has 0 spiro atoms. The van der Waals surface area contributed by atoms with E-state index in [2.05, 4.69) is 0 Å². The Hall–Kier alpha value is -0.970. The molecule has 3 nitrogen and oxygen atoms in total. The van der Waals surface area contributed by atoms with Crippen LogP contribution in [0.1, 0.15) is 18.5 Å². The van der Waals surface area contributed by atoms with E-state index >= 15 is 0 Å². The maximum absolute atomic E-state index is 13.5. The van der Waals surface area contributed by atoms with Gasteiger partial charge >= 0.3 is 0 Å². The van der Waals surface area contributed by atoms with Crippen molar-refractivity contribution in [3.05, 3.63) is 35.6 Å². The molecule has 1 aromatic carbocycles. The molecule has 1 rings (SSSR count). The minimum atomic E-state index is -0.303. The van der Waals surface area contributed by atoms with Gasteiger partial charge in [-0.1, -0.05) is 18.2 Å². The summed E-state index contributed by atoms with van der Waals surface area (Å²) in [6, 6.07) is 6.34. The highest BCUT2D eigenvalue weighted by Gasteiger charge is 2.12. The SMILES string of the molecule is CCOCCN(C)CC(N)c1ccccc1F. The topological polar surface area (TPSA) is 38.5 Å². The summed E-state index contributed by atoms with van der Waals surface area (Å²) in [5, 5.41) is 0. The first-order chi connectivity index (χ1) is 8.15. The Morgan fingerprint density at radius 3 is 2.76 bits per heavy atom. The van der Waals surface area contributed by atoms with Crippen molar-refractivity contribution < 1.29 is 9.13 Å². The molecule has 96 valence electrons. The molecule has 0 heterocycles. The van der Waals surface area contributed by atoms with Crippen LogP contribution < -0.4 is 5.73 Å². The van der Waals surface area contributed by atoms with Gasteiger partial charge in [0, 0.05) is 31.3 Å². The molecule has 0 bridgehead atoms. The Morgan fingerprint density at radius 2 is 2.12 bits per heavy atom. The Labute approximate surface area is 102 Å². The van der Waals surface area contributed by atoms with E-state index in [-0.39, 0.29) is 11.9 Å². The highest BCUT2D eigenvalue weighted by molar-refractivity contribution is 5.21. The summed E-state index contributed by atoms with van der Waals surface area (Å²) in [4.78, 5) is 2.05. The summed E-state index contributed by atoms with van der Waals surface area (Å²) >= 11 is 0. The maximum atomic E-state index is 13.5. The van der Waals surface area contributed by atoms with Crippen LogP contribution in [0.3, 0.4) is 0 Å². The lowest BCUT2D eigenvalue weighted by molar-refractivity contribution is 0.120. The molecule has 0 amide bonds. The van der Waals surface area contributed by atoms with Gasteiger partial charge in [0.05, 0.1) is 6.61 Å². The van der Waals surface area contributed by atoms with Gasteiger partial charge in [0.2, 0.25) is 0 Å². The number of hydrogen-bond acceptors (Lipinski definition) is 3. The summed E-state index contributed by atoms with van der Waals surface area (Å²) in [7, 11) is 1.96. The molecule has 0 saturated carbocycles. The lowest BCUT2D eigenvalue weighted by Gasteiger charge is -2.21. The standard InChI is InChI=1S/C13H21FN2O/c1-3-17-9-8-16(2)10-13(15)11-6-4-5-7-12(11)14/h4-7,13H,3,8-10,15H2,1-2H3. The monoisotopic (exact) mass is 240 g/mol. The first-order valence-corrected chi connectivity index (χ1v) is 5.91. The van der Waals surface area contributed by atoms with Crippen molar-refractivity contribution in [1.29, 1.82) is 0 Å². The Kier molecular flexibility index (Phi) is 6.11. The van der Waals surface area contributed by atoms with E-state index in [9.17, 15) is 4.39 Å². The Balaban J connectivity index is 2.43. The molecular weight excluding hydrogens is 219 g/mol. The first-order valence-electron chi connectivity index (χ1n) is 5.91. The number of ether oxygens (including phenoxy) is 1. The normalized spacial score (nSPS) is 13.0. The number of nitrogens with two attached hydrogens (primary N) is 1. The minimum Gasteiger partial charge on any atom is -0.380 e. The number of hydrogen-bond donors (Lipinski definition) is 1. The molecule has 1 unspecified atom stereocenters. The summed E-state index contributed by atoms with van der Waals surface area (Å²) in [6.07, 6.45) is 0. The Bertz CT molecular complexity index is 333. The zero-order valence-corrected chi connectivity index (χ0v) is 10.5. The van der Waals surface area contributed by atoms with Crippen LogP contribution in [0.2, 0.25) is 0 Å². The maximum Gasteiger partial charge on any atom is 0.128 e. The predicted octanol–water partition coefficient (Wildman–Crippen LogP) is 1.79. The lowest BCUT2D eigenvalue weighted by Crippen LogP contribution is -2.32. The molecular formula is C13H21FN2O. The van der Waals surface area contributed by atoms with Gasteiger partial charge in [-0.2, -0.15) is 0 Å². The molecule has 0 aliphatic heterocycles. The molecule has 0 radical (unpaired) electrons. The molecule has 1 atom stereocenters. The van der Waals surface area contributed by atoms with E-state index < -0.39 is 0 Å². The van der Waals surface area contributed by atoms with Gasteiger partial charge < -0.3 is 15.4 Å². The number of rotatable bonds is 7. The van der Waals surface area contributed by atoms with Crippen LogP contribution in [0.15, 0.2) is 24.3 Å². The second kappa shape index (κ2) is 7.37. The summed E-state index contributed by atoms with van der Waals surface area (Å²) in [5.41, 5.74) is 6.54. The highest BCUT2D eigenvalue weighted by Crippen LogP contribution is 2.14. The van der Waals surface area contributed by atoms with Crippen LogP contribution in [0.4, 0.5) is 4.39 Å². The second-order valence-corrected chi connectivity index (χ2v) is 4.09. The quantitative estimate of drug-likeness (QED) is 0.738. The smallest absolute Gasteiger partial charge is 0.128 e. The third-order valence-corrected chi connectivity index (χ3v) is 2.63. The molecule has 0 aliphatic rings. The molecule has 0 saturated heterocycles. The van der Waals surface area contributed by atoms with Crippen molar-refractivity contribution in [1.82, 2.24) is 4.90 Å². The van der Waals surface area contributed by atoms with Crippen LogP contribution >= 0.6 is 0 Å². The fourth-order valence-electron chi connectivity index (χ4n) is 1.67. The zero-order valence-electron chi connectivity index (χ0n) is 10.5. The number of halogens is 1. The average Bonchev–Trinajstić information content (AvgIpc) is 2.29. The van der Waals surface area contributed by atoms with Crippen molar-refractivity contribution >= 4 is 0 Å². The van der Waals surface area contributed by atoms with Gasteiger partial charge in [-0.25, -0.2) is 4.39 Å². The second-order valence-electron chi connectivity index (χ2n) is 4.09. The van der Waals surface area contributed by atoms with Gasteiger partial charge in [-0.15, -0.1) is 0 Å². The van der Waals surface area contributed by atoms with Gasteiger partial charge in [0.1, 0.15) is 5.82 Å². The summed E-state index contributed by atoms with van der Waals surface area (Å²) in [6.45, 7) is 4.78. The third-order valence-electron chi connectivity index (χ3n) is 2.63. The fraction of sp³-hybridized carbons (Fsp3) is 0.538. The van der Waals surface area contributed by atoms with Crippen molar-refractivity contribution in [3.63, 3.8) is 0 Å². The van der Waals surface area contributed by atoms with E-state index in [0.717, 1.165) is 6.54 Å². The van der Waals surface area contributed by atoms with E-state index in [1.54, 1.807) is 18.2 Å². The van der Waals surface area contributed by atoms with Gasteiger partial charge in [-0.3, -0.25) is 0 Å². The first kappa shape index (κ1) is 14.1. The fourth-order valence-corrected chi connectivity index (χ4v) is 1.67. The molecule has 0 aliphatic carbocycles. The molecule has 0 aromatic heterocycles. The zero-order chi connectivity index (χ0) is 12.7. The predicted molar refractivity (Wildman–Crippen MR) is 67.3 cm³/mol. The molecule has 2 N–H and O–H groups in total. The van der Waals surface area contributed by atoms with Crippen LogP contribution in [0, 0.1) is 5.82 Å². The Morgan fingerprint density at radius 1 is 1.41 bits per heavy atom. The largest absolute Gasteiger partial charge is 0.380 e. The molecule has 17 heavy (non-hydrogen) atoms. The molecule has 0 fully saturated rings. The van der Waals surface area contributed by atoms with Gasteiger partial charge in [0.25, 0.3) is 0 Å². The van der Waals surface area contributed by atoms with Crippen molar-refractivity contribution in [2.45, 2.75) is 13.0 Å². The van der Waals surface area contributed by atoms with E-state index in [0.29, 0.717) is 25.3 Å². The van der Waals surface area contributed by atoms with Crippen molar-refractivity contribution in [3.8, 4) is 0 Å². The lowest BCUT2D eigenvalue weighted by atomic mass is 10.1. The minimum absolute atomic E-state index is 0.238. The third kappa shape index (κ3) is 4.81. The highest BCUT2D eigenvalue weighted by atomic mass is 19.1. The number of likely N-dealkylation sites (N-methyl/N-ethyl adjacent to an activating group) is 1. The van der Waals surface area contributed by atoms with Crippen LogP contribution in [0.5, 0.6) is 0 Å². The van der Waals surface area contributed by atoms with E-state index in [1.807, 2.05) is 18.9 Å². The van der Waals surface area contributed by atoms with E-state index in [4.69, 9.17) is 10.5 Å². The summed E-state index contributed by atoms with van der Waals surface area (Å²) in [5.74, 6) is -0.238.